The van der Waals surface area contributed by atoms with Crippen LogP contribution in [0.1, 0.15) is 52.8 Å². The smallest absolute Gasteiger partial charge is 0.0579 e. The van der Waals surface area contributed by atoms with E-state index in [4.69, 9.17) is 0 Å². The Labute approximate surface area is 128 Å². The molecule has 0 radical (unpaired) electrons. The predicted octanol–water partition coefficient (Wildman–Crippen LogP) is 4.49. The van der Waals surface area contributed by atoms with Crippen molar-refractivity contribution in [1.82, 2.24) is 5.32 Å². The highest BCUT2D eigenvalue weighted by molar-refractivity contribution is 5.44. The largest absolute Gasteiger partial charge is 0.307 e. The number of aryl methyl sites for hydroxylation is 3. The van der Waals surface area contributed by atoms with Crippen LogP contribution < -0.4 is 5.32 Å². The maximum Gasteiger partial charge on any atom is 0.0579 e. The van der Waals surface area contributed by atoms with E-state index in [0.717, 1.165) is 6.54 Å². The van der Waals surface area contributed by atoms with Gasteiger partial charge in [0.1, 0.15) is 0 Å². The monoisotopic (exact) mass is 279 g/mol. The molecule has 0 bridgehead atoms. The second kappa shape index (κ2) is 6.03. The highest BCUT2D eigenvalue weighted by atomic mass is 14.9. The van der Waals surface area contributed by atoms with E-state index in [9.17, 15) is 0 Å². The van der Waals surface area contributed by atoms with E-state index >= 15 is 0 Å². The molecule has 1 atom stereocenters. The molecule has 1 N–H and O–H groups in total. The number of fused-ring (bicyclic) bond motifs is 1. The highest BCUT2D eigenvalue weighted by Gasteiger charge is 2.18. The van der Waals surface area contributed by atoms with Crippen LogP contribution in [0.5, 0.6) is 0 Å². The van der Waals surface area contributed by atoms with Crippen molar-refractivity contribution in [2.24, 2.45) is 0 Å². The number of hydrogen-bond donors (Lipinski definition) is 1. The summed E-state index contributed by atoms with van der Waals surface area (Å²) in [6, 6.07) is 14.0. The molecule has 2 aromatic rings. The molecule has 110 valence electrons. The van der Waals surface area contributed by atoms with Gasteiger partial charge in [0, 0.05) is 0 Å². The van der Waals surface area contributed by atoms with E-state index in [0.29, 0.717) is 6.04 Å². The number of rotatable bonds is 4. The Morgan fingerprint density at radius 3 is 2.67 bits per heavy atom. The van der Waals surface area contributed by atoms with Gasteiger partial charge in [-0.15, -0.1) is 0 Å². The third-order valence-corrected chi connectivity index (χ3v) is 4.82. The topological polar surface area (TPSA) is 12.0 Å². The third kappa shape index (κ3) is 2.75. The molecule has 0 saturated carbocycles. The SMILES string of the molecule is CCNC(c1ccc2c(c1)CCC2)c1cccc(C)c1C. The first-order chi connectivity index (χ1) is 10.2. The van der Waals surface area contributed by atoms with E-state index in [1.54, 1.807) is 11.1 Å². The Balaban J connectivity index is 2.03. The molecule has 1 unspecified atom stereocenters. The van der Waals surface area contributed by atoms with Crippen LogP contribution in [0.2, 0.25) is 0 Å². The Morgan fingerprint density at radius 2 is 1.86 bits per heavy atom. The molecule has 0 aliphatic heterocycles. The maximum absolute atomic E-state index is 3.67. The van der Waals surface area contributed by atoms with E-state index in [2.05, 4.69) is 62.5 Å². The van der Waals surface area contributed by atoms with Gasteiger partial charge in [0.2, 0.25) is 0 Å². The molecule has 3 rings (SSSR count). The Morgan fingerprint density at radius 1 is 1.05 bits per heavy atom. The van der Waals surface area contributed by atoms with Gasteiger partial charge in [-0.25, -0.2) is 0 Å². The van der Waals surface area contributed by atoms with Gasteiger partial charge in [-0.3, -0.25) is 0 Å². The van der Waals surface area contributed by atoms with Crippen LogP contribution in [0, 0.1) is 13.8 Å². The van der Waals surface area contributed by atoms with Gasteiger partial charge in [0.05, 0.1) is 6.04 Å². The van der Waals surface area contributed by atoms with Crippen LogP contribution in [-0.2, 0) is 12.8 Å². The summed E-state index contributed by atoms with van der Waals surface area (Å²) in [5.74, 6) is 0. The van der Waals surface area contributed by atoms with Gasteiger partial charge in [0.15, 0.2) is 0 Å². The van der Waals surface area contributed by atoms with Crippen molar-refractivity contribution < 1.29 is 0 Å². The van der Waals surface area contributed by atoms with E-state index < -0.39 is 0 Å². The lowest BCUT2D eigenvalue weighted by Crippen LogP contribution is -2.23. The zero-order chi connectivity index (χ0) is 14.8. The fraction of sp³-hybridized carbons (Fsp3) is 0.400. The first-order valence-corrected chi connectivity index (χ1v) is 8.12. The van der Waals surface area contributed by atoms with E-state index in [1.165, 1.54) is 41.5 Å². The molecule has 1 aliphatic rings. The summed E-state index contributed by atoms with van der Waals surface area (Å²) < 4.78 is 0. The summed E-state index contributed by atoms with van der Waals surface area (Å²) in [5.41, 5.74) is 8.71. The minimum Gasteiger partial charge on any atom is -0.307 e. The molecule has 0 heterocycles. The summed E-state index contributed by atoms with van der Waals surface area (Å²) >= 11 is 0. The molecular weight excluding hydrogens is 254 g/mol. The van der Waals surface area contributed by atoms with Crippen molar-refractivity contribution in [2.75, 3.05) is 6.54 Å². The molecule has 0 saturated heterocycles. The first-order valence-electron chi connectivity index (χ1n) is 8.12. The van der Waals surface area contributed by atoms with Crippen LogP contribution >= 0.6 is 0 Å². The van der Waals surface area contributed by atoms with Crippen LogP contribution in [0.25, 0.3) is 0 Å². The fourth-order valence-corrected chi connectivity index (χ4v) is 3.47. The molecule has 0 spiro atoms. The Bertz CT molecular complexity index is 642. The van der Waals surface area contributed by atoms with Crippen LogP contribution in [0.3, 0.4) is 0 Å². The molecule has 1 nitrogen and oxygen atoms in total. The average Bonchev–Trinajstić information content (AvgIpc) is 2.95. The second-order valence-corrected chi connectivity index (χ2v) is 6.16. The minimum atomic E-state index is 0.306. The minimum absolute atomic E-state index is 0.306. The number of benzene rings is 2. The summed E-state index contributed by atoms with van der Waals surface area (Å²) in [6.45, 7) is 7.60. The Hall–Kier alpha value is -1.60. The lowest BCUT2D eigenvalue weighted by atomic mass is 9.91. The van der Waals surface area contributed by atoms with Crippen LogP contribution in [-0.4, -0.2) is 6.54 Å². The summed E-state index contributed by atoms with van der Waals surface area (Å²) in [7, 11) is 0. The third-order valence-electron chi connectivity index (χ3n) is 4.82. The van der Waals surface area contributed by atoms with Crippen molar-refractivity contribution in [1.29, 1.82) is 0 Å². The molecule has 0 fully saturated rings. The first kappa shape index (κ1) is 14.3. The molecule has 0 amide bonds. The van der Waals surface area contributed by atoms with Crippen LogP contribution in [0.4, 0.5) is 0 Å². The molecule has 1 aliphatic carbocycles. The van der Waals surface area contributed by atoms with E-state index in [-0.39, 0.29) is 0 Å². The van der Waals surface area contributed by atoms with Gasteiger partial charge < -0.3 is 5.32 Å². The second-order valence-electron chi connectivity index (χ2n) is 6.16. The lowest BCUT2D eigenvalue weighted by molar-refractivity contribution is 0.626. The normalized spacial score (nSPS) is 15.0. The van der Waals surface area contributed by atoms with Gasteiger partial charge in [-0.1, -0.05) is 43.3 Å². The van der Waals surface area contributed by atoms with Crippen molar-refractivity contribution in [3.05, 3.63) is 69.8 Å². The zero-order valence-corrected chi connectivity index (χ0v) is 13.4. The summed E-state index contributed by atoms with van der Waals surface area (Å²) in [5, 5.41) is 3.67. The number of nitrogens with one attached hydrogen (secondary N) is 1. The van der Waals surface area contributed by atoms with Gasteiger partial charge in [-0.05, 0) is 73.0 Å². The maximum atomic E-state index is 3.67. The van der Waals surface area contributed by atoms with Crippen molar-refractivity contribution in [2.45, 2.75) is 46.1 Å². The fourth-order valence-electron chi connectivity index (χ4n) is 3.47. The zero-order valence-electron chi connectivity index (χ0n) is 13.4. The highest BCUT2D eigenvalue weighted by Crippen LogP contribution is 2.30. The number of hydrogen-bond acceptors (Lipinski definition) is 1. The van der Waals surface area contributed by atoms with Crippen LogP contribution in [0.15, 0.2) is 36.4 Å². The molecular formula is C20H25N. The summed E-state index contributed by atoms with van der Waals surface area (Å²) in [6.07, 6.45) is 3.81. The molecule has 0 aromatic heterocycles. The van der Waals surface area contributed by atoms with Gasteiger partial charge in [0.25, 0.3) is 0 Å². The molecule has 1 heteroatoms. The molecule has 2 aromatic carbocycles. The van der Waals surface area contributed by atoms with Crippen molar-refractivity contribution >= 4 is 0 Å². The molecule has 21 heavy (non-hydrogen) atoms. The lowest BCUT2D eigenvalue weighted by Gasteiger charge is -2.22. The predicted molar refractivity (Wildman–Crippen MR) is 89.9 cm³/mol. The Kier molecular flexibility index (Phi) is 4.12. The summed E-state index contributed by atoms with van der Waals surface area (Å²) in [4.78, 5) is 0. The standard InChI is InChI=1S/C20H25N/c1-4-21-20(19-10-5-7-14(2)15(19)3)18-12-11-16-8-6-9-17(16)13-18/h5,7,10-13,20-21H,4,6,8-9H2,1-3H3. The van der Waals surface area contributed by atoms with Crippen molar-refractivity contribution in [3.63, 3.8) is 0 Å². The van der Waals surface area contributed by atoms with E-state index in [1.807, 2.05) is 0 Å². The quantitative estimate of drug-likeness (QED) is 0.869. The average molecular weight is 279 g/mol. The van der Waals surface area contributed by atoms with Gasteiger partial charge in [-0.2, -0.15) is 0 Å². The van der Waals surface area contributed by atoms with Crippen molar-refractivity contribution in [3.8, 4) is 0 Å². The van der Waals surface area contributed by atoms with Gasteiger partial charge >= 0.3 is 0 Å².